The molecule has 0 saturated heterocycles. The molecule has 112 valence electrons. The molecule has 3 aromatic heterocycles. The van der Waals surface area contributed by atoms with Crippen molar-refractivity contribution in [1.82, 2.24) is 14.7 Å². The van der Waals surface area contributed by atoms with E-state index in [0.717, 1.165) is 38.3 Å². The lowest BCUT2D eigenvalue weighted by molar-refractivity contribution is 0.532. The van der Waals surface area contributed by atoms with Crippen LogP contribution in [0.4, 0.5) is 0 Å². The highest BCUT2D eigenvalue weighted by atomic mass is 79.9. The highest BCUT2D eigenvalue weighted by Crippen LogP contribution is 2.36. The monoisotopic (exact) mass is 447 g/mol. The summed E-state index contributed by atoms with van der Waals surface area (Å²) in [6.07, 6.45) is 6.23. The number of fused-ring (bicyclic) bond motifs is 1. The molecule has 0 radical (unpaired) electrons. The van der Waals surface area contributed by atoms with Crippen LogP contribution in [0, 0.1) is 0 Å². The summed E-state index contributed by atoms with van der Waals surface area (Å²) < 4.78 is 4.36. The summed E-state index contributed by atoms with van der Waals surface area (Å²) in [6, 6.07) is 2.50. The van der Waals surface area contributed by atoms with Gasteiger partial charge in [-0.05, 0) is 50.9 Å². The van der Waals surface area contributed by atoms with Gasteiger partial charge in [0.25, 0.3) is 0 Å². The Balaban J connectivity index is 1.82. The summed E-state index contributed by atoms with van der Waals surface area (Å²) in [6.45, 7) is 3.21. The summed E-state index contributed by atoms with van der Waals surface area (Å²) in [7, 11) is 0. The molecule has 0 saturated carbocycles. The van der Waals surface area contributed by atoms with Gasteiger partial charge in [0.2, 0.25) is 0 Å². The second kappa shape index (κ2) is 6.91. The molecule has 1 atom stereocenters. The maximum atomic E-state index is 4.70. The van der Waals surface area contributed by atoms with Gasteiger partial charge >= 0.3 is 0 Å². The lowest BCUT2D eigenvalue weighted by atomic mass is 10.1. The summed E-state index contributed by atoms with van der Waals surface area (Å²) in [5, 5.41) is 5.70. The molecule has 3 nitrogen and oxygen atoms in total. The van der Waals surface area contributed by atoms with Gasteiger partial charge in [0, 0.05) is 39.6 Å². The predicted molar refractivity (Wildman–Crippen MR) is 97.5 cm³/mol. The van der Waals surface area contributed by atoms with Crippen molar-refractivity contribution in [3.05, 3.63) is 42.7 Å². The first-order chi connectivity index (χ1) is 10.2. The fraction of sp³-hybridized carbons (Fsp3) is 0.357. The summed E-state index contributed by atoms with van der Waals surface area (Å²) in [5.74, 6) is 0. The Hall–Kier alpha value is -0.210. The molecule has 1 unspecified atom stereocenters. The van der Waals surface area contributed by atoms with E-state index in [-0.39, 0.29) is 0 Å². The van der Waals surface area contributed by atoms with Gasteiger partial charge < -0.3 is 5.32 Å². The first-order valence-electron chi connectivity index (χ1n) is 6.76. The maximum Gasteiger partial charge on any atom is 0.193 e. The van der Waals surface area contributed by atoms with Crippen LogP contribution >= 0.6 is 54.5 Å². The number of aromatic nitrogens is 2. The van der Waals surface area contributed by atoms with Gasteiger partial charge in [-0.1, -0.05) is 6.92 Å². The molecule has 0 aliphatic carbocycles. The molecule has 0 spiro atoms. The third-order valence-electron chi connectivity index (χ3n) is 3.20. The molecule has 1 N–H and O–H groups in total. The highest BCUT2D eigenvalue weighted by Gasteiger charge is 2.17. The minimum atomic E-state index is 0.308. The number of hydrogen-bond donors (Lipinski definition) is 1. The molecule has 21 heavy (non-hydrogen) atoms. The van der Waals surface area contributed by atoms with Crippen LogP contribution in [0.25, 0.3) is 4.96 Å². The van der Waals surface area contributed by atoms with Crippen molar-refractivity contribution >= 4 is 59.5 Å². The molecular weight excluding hydrogens is 434 g/mol. The van der Waals surface area contributed by atoms with Crippen LogP contribution in [-0.4, -0.2) is 15.9 Å². The second-order valence-electron chi connectivity index (χ2n) is 4.81. The number of hydrogen-bond acceptors (Lipinski definition) is 4. The van der Waals surface area contributed by atoms with Crippen molar-refractivity contribution in [2.45, 2.75) is 25.8 Å². The first-order valence-corrected chi connectivity index (χ1v) is 10.0. The van der Waals surface area contributed by atoms with Crippen molar-refractivity contribution < 1.29 is 0 Å². The van der Waals surface area contributed by atoms with Crippen LogP contribution < -0.4 is 5.32 Å². The molecular formula is C14H15Br2N3S2. The summed E-state index contributed by atoms with van der Waals surface area (Å²) >= 11 is 10.6. The number of rotatable bonds is 6. The fourth-order valence-electron chi connectivity index (χ4n) is 2.21. The number of thiazole rings is 1. The van der Waals surface area contributed by atoms with Crippen LogP contribution in [0.5, 0.6) is 0 Å². The van der Waals surface area contributed by atoms with Gasteiger partial charge in [-0.3, -0.25) is 4.40 Å². The van der Waals surface area contributed by atoms with Crippen molar-refractivity contribution in [2.24, 2.45) is 0 Å². The molecule has 0 fully saturated rings. The first kappa shape index (κ1) is 15.7. The largest absolute Gasteiger partial charge is 0.309 e. The maximum absolute atomic E-state index is 4.70. The average Bonchev–Trinajstić information content (AvgIpc) is 3.10. The number of thiophene rings is 1. The van der Waals surface area contributed by atoms with E-state index in [1.54, 1.807) is 22.7 Å². The molecule has 0 bridgehead atoms. The van der Waals surface area contributed by atoms with E-state index in [9.17, 15) is 0 Å². The van der Waals surface area contributed by atoms with E-state index in [0.29, 0.717) is 6.04 Å². The average molecular weight is 449 g/mol. The van der Waals surface area contributed by atoms with Crippen LogP contribution in [0.15, 0.2) is 32.1 Å². The number of halogens is 2. The normalized spacial score (nSPS) is 13.1. The van der Waals surface area contributed by atoms with E-state index in [4.69, 9.17) is 4.98 Å². The predicted octanol–water partition coefficient (Wildman–Crippen LogP) is 5.27. The molecule has 0 aromatic carbocycles. The van der Waals surface area contributed by atoms with E-state index in [1.165, 1.54) is 4.88 Å². The zero-order valence-electron chi connectivity index (χ0n) is 11.5. The molecule has 3 rings (SSSR count). The van der Waals surface area contributed by atoms with Gasteiger partial charge in [0.15, 0.2) is 4.96 Å². The molecule has 0 aliphatic rings. The third-order valence-corrected chi connectivity index (χ3v) is 7.35. The van der Waals surface area contributed by atoms with Gasteiger partial charge in [-0.25, -0.2) is 4.98 Å². The Morgan fingerprint density at radius 3 is 2.95 bits per heavy atom. The minimum Gasteiger partial charge on any atom is -0.309 e. The lowest BCUT2D eigenvalue weighted by Gasteiger charge is -2.15. The third kappa shape index (κ3) is 3.59. The van der Waals surface area contributed by atoms with Gasteiger partial charge in [0.05, 0.1) is 9.48 Å². The van der Waals surface area contributed by atoms with Crippen LogP contribution in [0.3, 0.4) is 0 Å². The number of nitrogens with one attached hydrogen (secondary N) is 1. The quantitative estimate of drug-likeness (QED) is 0.556. The van der Waals surface area contributed by atoms with Crippen molar-refractivity contribution in [3.8, 4) is 0 Å². The van der Waals surface area contributed by atoms with Gasteiger partial charge in [0.1, 0.15) is 0 Å². The Labute approximate surface area is 148 Å². The number of imidazole rings is 1. The zero-order valence-corrected chi connectivity index (χ0v) is 16.3. The summed E-state index contributed by atoms with van der Waals surface area (Å²) in [4.78, 5) is 7.09. The van der Waals surface area contributed by atoms with Crippen molar-refractivity contribution in [2.75, 3.05) is 6.54 Å². The molecule has 3 heterocycles. The van der Waals surface area contributed by atoms with E-state index < -0.39 is 0 Å². The fourth-order valence-corrected chi connectivity index (χ4v) is 5.09. The summed E-state index contributed by atoms with van der Waals surface area (Å²) in [5.41, 5.74) is 1.14. The van der Waals surface area contributed by atoms with Gasteiger partial charge in [-0.2, -0.15) is 0 Å². The Morgan fingerprint density at radius 2 is 2.29 bits per heavy atom. The molecule has 0 amide bonds. The minimum absolute atomic E-state index is 0.308. The standard InChI is InChI=1S/C14H15Br2N3S2/c1-2-3-17-11(12-7-10(15)13(16)21-12)6-9-8-19-4-5-20-14(19)18-9/h4-5,7-8,11,17H,2-3,6H2,1H3. The molecule has 7 heteroatoms. The Morgan fingerprint density at radius 1 is 1.43 bits per heavy atom. The van der Waals surface area contributed by atoms with Crippen LogP contribution in [0.2, 0.25) is 0 Å². The van der Waals surface area contributed by atoms with E-state index >= 15 is 0 Å². The lowest BCUT2D eigenvalue weighted by Crippen LogP contribution is -2.23. The van der Waals surface area contributed by atoms with Crippen molar-refractivity contribution in [1.29, 1.82) is 0 Å². The SMILES string of the molecule is CCCNC(Cc1cn2ccsc2n1)c1cc(Br)c(Br)s1. The van der Waals surface area contributed by atoms with Crippen molar-refractivity contribution in [3.63, 3.8) is 0 Å². The Bertz CT molecular complexity index is 684. The Kier molecular flexibility index (Phi) is 5.16. The highest BCUT2D eigenvalue weighted by molar-refractivity contribution is 9.13. The second-order valence-corrected chi connectivity index (χ2v) is 8.94. The smallest absolute Gasteiger partial charge is 0.193 e. The zero-order chi connectivity index (χ0) is 14.8. The molecule has 3 aromatic rings. The topological polar surface area (TPSA) is 29.3 Å². The van der Waals surface area contributed by atoms with Crippen LogP contribution in [-0.2, 0) is 6.42 Å². The van der Waals surface area contributed by atoms with Crippen LogP contribution in [0.1, 0.15) is 30.0 Å². The number of nitrogens with zero attached hydrogens (tertiary/aromatic N) is 2. The van der Waals surface area contributed by atoms with Gasteiger partial charge in [-0.15, -0.1) is 22.7 Å². The molecule has 0 aliphatic heterocycles. The van der Waals surface area contributed by atoms with E-state index in [1.807, 2.05) is 0 Å². The van der Waals surface area contributed by atoms with E-state index in [2.05, 4.69) is 72.3 Å².